The number of nitrogens with zero attached hydrogens (tertiary/aromatic N) is 1. The predicted octanol–water partition coefficient (Wildman–Crippen LogP) is 1.24. The van der Waals surface area contributed by atoms with Crippen LogP contribution in [0.2, 0.25) is 0 Å². The second-order valence-corrected chi connectivity index (χ2v) is 6.02. The summed E-state index contributed by atoms with van der Waals surface area (Å²) in [5.41, 5.74) is 0. The van der Waals surface area contributed by atoms with Gasteiger partial charge < -0.3 is 10.1 Å². The molecule has 0 spiro atoms. The summed E-state index contributed by atoms with van der Waals surface area (Å²) >= 11 is 0. The van der Waals surface area contributed by atoms with Crippen LogP contribution in [0.1, 0.15) is 33.1 Å². The molecule has 3 heterocycles. The van der Waals surface area contributed by atoms with Crippen LogP contribution >= 0.6 is 0 Å². The van der Waals surface area contributed by atoms with Crippen LogP contribution in [0.3, 0.4) is 0 Å². The summed E-state index contributed by atoms with van der Waals surface area (Å²) in [5.74, 6) is 0.899. The number of hydrogen-bond acceptors (Lipinski definition) is 3. The molecule has 3 aliphatic heterocycles. The van der Waals surface area contributed by atoms with Gasteiger partial charge in [-0.1, -0.05) is 0 Å². The maximum Gasteiger partial charge on any atom is 0.0678 e. The molecule has 0 radical (unpaired) electrons. The second-order valence-electron chi connectivity index (χ2n) is 6.02. The molecule has 0 amide bonds. The molecule has 0 aromatic carbocycles. The Morgan fingerprint density at radius 3 is 2.50 bits per heavy atom. The van der Waals surface area contributed by atoms with Crippen molar-refractivity contribution in [3.05, 3.63) is 0 Å². The van der Waals surface area contributed by atoms with Crippen molar-refractivity contribution < 1.29 is 4.74 Å². The second kappa shape index (κ2) is 4.28. The molecule has 3 fully saturated rings. The fourth-order valence-corrected chi connectivity index (χ4v) is 3.90. The highest BCUT2D eigenvalue weighted by molar-refractivity contribution is 4.98. The lowest BCUT2D eigenvalue weighted by Gasteiger charge is -2.37. The maximum absolute atomic E-state index is 5.79. The van der Waals surface area contributed by atoms with Crippen molar-refractivity contribution in [3.8, 4) is 0 Å². The quantitative estimate of drug-likeness (QED) is 0.763. The minimum atomic E-state index is 0.412. The summed E-state index contributed by atoms with van der Waals surface area (Å²) < 4.78 is 5.79. The molecule has 3 heteroatoms. The highest BCUT2D eigenvalue weighted by Crippen LogP contribution is 2.34. The topological polar surface area (TPSA) is 24.5 Å². The third kappa shape index (κ3) is 2.13. The number of hydrogen-bond donors (Lipinski definition) is 1. The number of rotatable bonds is 2. The lowest BCUT2D eigenvalue weighted by atomic mass is 9.88. The minimum absolute atomic E-state index is 0.412. The Bertz CT molecular complexity index is 248. The standard InChI is InChI=1S/C13H24N2O/c1-9-6-15(7-10(2)16-9)8-11-5-12-3-4-13(11)14-12/h9-14H,3-8H2,1-2H3. The molecule has 3 nitrogen and oxygen atoms in total. The van der Waals surface area contributed by atoms with Gasteiger partial charge in [-0.15, -0.1) is 0 Å². The summed E-state index contributed by atoms with van der Waals surface area (Å²) in [6, 6.07) is 1.66. The van der Waals surface area contributed by atoms with Gasteiger partial charge >= 0.3 is 0 Å². The van der Waals surface area contributed by atoms with Gasteiger partial charge in [-0.05, 0) is 39.0 Å². The zero-order chi connectivity index (χ0) is 11.1. The van der Waals surface area contributed by atoms with Crippen molar-refractivity contribution in [2.24, 2.45) is 5.92 Å². The van der Waals surface area contributed by atoms with Crippen LogP contribution in [0.5, 0.6) is 0 Å². The highest BCUT2D eigenvalue weighted by atomic mass is 16.5. The molecule has 2 bridgehead atoms. The number of nitrogens with one attached hydrogen (secondary N) is 1. The fraction of sp³-hybridized carbons (Fsp3) is 1.00. The van der Waals surface area contributed by atoms with Crippen molar-refractivity contribution in [1.29, 1.82) is 0 Å². The SMILES string of the molecule is CC1CN(CC2CC3CCC2N3)CC(C)O1. The molecular formula is C13H24N2O. The van der Waals surface area contributed by atoms with Crippen LogP contribution in [0.4, 0.5) is 0 Å². The molecule has 0 aliphatic carbocycles. The van der Waals surface area contributed by atoms with Gasteiger partial charge in [-0.25, -0.2) is 0 Å². The number of morpholine rings is 1. The molecule has 3 saturated heterocycles. The van der Waals surface area contributed by atoms with E-state index >= 15 is 0 Å². The third-order valence-electron chi connectivity index (χ3n) is 4.42. The van der Waals surface area contributed by atoms with E-state index < -0.39 is 0 Å². The molecule has 3 aliphatic rings. The average molecular weight is 224 g/mol. The molecule has 16 heavy (non-hydrogen) atoms. The van der Waals surface area contributed by atoms with Crippen LogP contribution in [0, 0.1) is 5.92 Å². The average Bonchev–Trinajstić information content (AvgIpc) is 2.77. The van der Waals surface area contributed by atoms with E-state index in [-0.39, 0.29) is 0 Å². The van der Waals surface area contributed by atoms with Crippen molar-refractivity contribution in [2.45, 2.75) is 57.4 Å². The number of ether oxygens (including phenoxy) is 1. The highest BCUT2D eigenvalue weighted by Gasteiger charge is 2.40. The smallest absolute Gasteiger partial charge is 0.0678 e. The molecule has 3 rings (SSSR count). The minimum Gasteiger partial charge on any atom is -0.373 e. The van der Waals surface area contributed by atoms with E-state index in [2.05, 4.69) is 24.1 Å². The van der Waals surface area contributed by atoms with Crippen molar-refractivity contribution in [2.75, 3.05) is 19.6 Å². The van der Waals surface area contributed by atoms with Gasteiger partial charge in [0.15, 0.2) is 0 Å². The van der Waals surface area contributed by atoms with E-state index in [1.807, 2.05) is 0 Å². The Morgan fingerprint density at radius 1 is 1.19 bits per heavy atom. The summed E-state index contributed by atoms with van der Waals surface area (Å²) in [7, 11) is 0. The van der Waals surface area contributed by atoms with E-state index in [0.717, 1.165) is 31.1 Å². The van der Waals surface area contributed by atoms with Gasteiger partial charge in [-0.3, -0.25) is 4.90 Å². The lowest BCUT2D eigenvalue weighted by molar-refractivity contribution is -0.0720. The van der Waals surface area contributed by atoms with E-state index in [1.54, 1.807) is 0 Å². The molecule has 92 valence electrons. The van der Waals surface area contributed by atoms with Gasteiger partial charge in [0.1, 0.15) is 0 Å². The van der Waals surface area contributed by atoms with Crippen LogP contribution in [-0.2, 0) is 4.74 Å². The first-order valence-electron chi connectivity index (χ1n) is 6.84. The Hall–Kier alpha value is -0.120. The van der Waals surface area contributed by atoms with E-state index in [4.69, 9.17) is 4.74 Å². The summed E-state index contributed by atoms with van der Waals surface area (Å²) in [6.45, 7) is 7.92. The molecule has 0 aromatic heterocycles. The Kier molecular flexibility index (Phi) is 2.94. The molecule has 0 saturated carbocycles. The first-order chi connectivity index (χ1) is 7.70. The Morgan fingerprint density at radius 2 is 1.94 bits per heavy atom. The van der Waals surface area contributed by atoms with Crippen LogP contribution < -0.4 is 5.32 Å². The monoisotopic (exact) mass is 224 g/mol. The van der Waals surface area contributed by atoms with Crippen LogP contribution in [-0.4, -0.2) is 48.8 Å². The predicted molar refractivity (Wildman–Crippen MR) is 64.5 cm³/mol. The van der Waals surface area contributed by atoms with Gasteiger partial charge in [0.2, 0.25) is 0 Å². The molecular weight excluding hydrogens is 200 g/mol. The van der Waals surface area contributed by atoms with Crippen LogP contribution in [0.15, 0.2) is 0 Å². The summed E-state index contributed by atoms with van der Waals surface area (Å²) in [6.07, 6.45) is 5.05. The normalized spacial score (nSPS) is 48.8. The molecule has 5 atom stereocenters. The van der Waals surface area contributed by atoms with Crippen molar-refractivity contribution >= 4 is 0 Å². The van der Waals surface area contributed by atoms with Gasteiger partial charge in [0.25, 0.3) is 0 Å². The molecule has 5 unspecified atom stereocenters. The summed E-state index contributed by atoms with van der Waals surface area (Å²) in [5, 5.41) is 3.73. The summed E-state index contributed by atoms with van der Waals surface area (Å²) in [4.78, 5) is 2.62. The van der Waals surface area contributed by atoms with Gasteiger partial charge in [0.05, 0.1) is 12.2 Å². The zero-order valence-electron chi connectivity index (χ0n) is 10.5. The third-order valence-corrected chi connectivity index (χ3v) is 4.42. The van der Waals surface area contributed by atoms with E-state index in [0.29, 0.717) is 12.2 Å². The van der Waals surface area contributed by atoms with E-state index in [1.165, 1.54) is 25.8 Å². The first kappa shape index (κ1) is 11.0. The maximum atomic E-state index is 5.79. The van der Waals surface area contributed by atoms with Crippen LogP contribution in [0.25, 0.3) is 0 Å². The Balaban J connectivity index is 1.54. The van der Waals surface area contributed by atoms with E-state index in [9.17, 15) is 0 Å². The van der Waals surface area contributed by atoms with Gasteiger partial charge in [0, 0.05) is 31.7 Å². The fourth-order valence-electron chi connectivity index (χ4n) is 3.90. The van der Waals surface area contributed by atoms with Crippen molar-refractivity contribution in [3.63, 3.8) is 0 Å². The zero-order valence-corrected chi connectivity index (χ0v) is 10.5. The lowest BCUT2D eigenvalue weighted by Crippen LogP contribution is -2.48. The van der Waals surface area contributed by atoms with Gasteiger partial charge in [-0.2, -0.15) is 0 Å². The van der Waals surface area contributed by atoms with Crippen molar-refractivity contribution in [1.82, 2.24) is 10.2 Å². The molecule has 0 aromatic rings. The largest absolute Gasteiger partial charge is 0.373 e. The molecule has 1 N–H and O–H groups in total. The number of fused-ring (bicyclic) bond motifs is 2. The first-order valence-corrected chi connectivity index (χ1v) is 6.84. The Labute approximate surface area is 98.5 Å².